The first-order valence-electron chi connectivity index (χ1n) is 8.80. The van der Waals surface area contributed by atoms with Crippen molar-refractivity contribution >= 4 is 22.6 Å². The van der Waals surface area contributed by atoms with Crippen LogP contribution in [0.5, 0.6) is 5.75 Å². The average Bonchev–Trinajstić information content (AvgIpc) is 2.73. The van der Waals surface area contributed by atoms with E-state index in [1.165, 1.54) is 6.07 Å². The lowest BCUT2D eigenvalue weighted by molar-refractivity contribution is -0.118. The number of hydrogen-bond acceptors (Lipinski definition) is 4. The second-order valence-corrected chi connectivity index (χ2v) is 6.20. The lowest BCUT2D eigenvalue weighted by Crippen LogP contribution is -2.20. The van der Waals surface area contributed by atoms with Crippen LogP contribution >= 0.6 is 0 Å². The molecule has 3 aromatic carbocycles. The SMILES string of the molecule is O=C(COc1ccc2ccc(=O)oc2c1)Nc1ccccc1-c1ccccc1. The molecule has 0 unspecified atom stereocenters. The molecule has 0 aliphatic rings. The number of nitrogens with one attached hydrogen (secondary N) is 1. The van der Waals surface area contributed by atoms with Gasteiger partial charge in [-0.3, -0.25) is 4.79 Å². The van der Waals surface area contributed by atoms with E-state index in [4.69, 9.17) is 9.15 Å². The molecule has 0 fully saturated rings. The van der Waals surface area contributed by atoms with Crippen LogP contribution in [-0.4, -0.2) is 12.5 Å². The number of hydrogen-bond donors (Lipinski definition) is 1. The van der Waals surface area contributed by atoms with Crippen molar-refractivity contribution in [1.82, 2.24) is 0 Å². The maximum Gasteiger partial charge on any atom is 0.336 e. The van der Waals surface area contributed by atoms with Gasteiger partial charge in [0.05, 0.1) is 0 Å². The molecule has 0 aliphatic carbocycles. The third-order valence-corrected chi connectivity index (χ3v) is 4.25. The van der Waals surface area contributed by atoms with Crippen LogP contribution < -0.4 is 15.7 Å². The Bertz CT molecular complexity index is 1180. The molecule has 0 atom stereocenters. The van der Waals surface area contributed by atoms with Crippen molar-refractivity contribution in [2.24, 2.45) is 0 Å². The topological polar surface area (TPSA) is 68.5 Å². The number of amides is 1. The zero-order valence-electron chi connectivity index (χ0n) is 14.9. The molecule has 5 nitrogen and oxygen atoms in total. The fourth-order valence-electron chi connectivity index (χ4n) is 2.93. The quantitative estimate of drug-likeness (QED) is 0.525. The predicted molar refractivity (Wildman–Crippen MR) is 108 cm³/mol. The molecule has 0 aliphatic heterocycles. The fourth-order valence-corrected chi connectivity index (χ4v) is 2.93. The van der Waals surface area contributed by atoms with Crippen molar-refractivity contribution in [2.75, 3.05) is 11.9 Å². The van der Waals surface area contributed by atoms with Crippen molar-refractivity contribution < 1.29 is 13.9 Å². The van der Waals surface area contributed by atoms with E-state index in [9.17, 15) is 9.59 Å². The molecule has 138 valence electrons. The van der Waals surface area contributed by atoms with Crippen molar-refractivity contribution in [3.8, 4) is 16.9 Å². The summed E-state index contributed by atoms with van der Waals surface area (Å²) in [5.74, 6) is 0.173. The van der Waals surface area contributed by atoms with Gasteiger partial charge in [0.15, 0.2) is 6.61 Å². The van der Waals surface area contributed by atoms with Crippen LogP contribution in [0.4, 0.5) is 5.69 Å². The van der Waals surface area contributed by atoms with Crippen LogP contribution in [0.25, 0.3) is 22.1 Å². The molecule has 5 heteroatoms. The molecule has 28 heavy (non-hydrogen) atoms. The minimum atomic E-state index is -0.431. The Labute approximate surface area is 161 Å². The molecule has 1 amide bonds. The highest BCUT2D eigenvalue weighted by Gasteiger charge is 2.09. The summed E-state index contributed by atoms with van der Waals surface area (Å²) in [4.78, 5) is 23.7. The first-order valence-corrected chi connectivity index (χ1v) is 8.80. The third kappa shape index (κ3) is 3.94. The van der Waals surface area contributed by atoms with Gasteiger partial charge in [-0.25, -0.2) is 4.79 Å². The van der Waals surface area contributed by atoms with Crippen molar-refractivity contribution in [1.29, 1.82) is 0 Å². The smallest absolute Gasteiger partial charge is 0.336 e. The normalized spacial score (nSPS) is 10.6. The summed E-state index contributed by atoms with van der Waals surface area (Å²) in [7, 11) is 0. The first-order chi connectivity index (χ1) is 13.7. The highest BCUT2D eigenvalue weighted by Crippen LogP contribution is 2.27. The Morgan fingerprint density at radius 3 is 2.50 bits per heavy atom. The molecule has 0 radical (unpaired) electrons. The number of rotatable bonds is 5. The van der Waals surface area contributed by atoms with Crippen molar-refractivity contribution in [2.45, 2.75) is 0 Å². The van der Waals surface area contributed by atoms with Gasteiger partial charge in [0.2, 0.25) is 0 Å². The summed E-state index contributed by atoms with van der Waals surface area (Å²) in [5.41, 5.74) is 2.65. The Balaban J connectivity index is 1.46. The summed E-state index contributed by atoms with van der Waals surface area (Å²) < 4.78 is 10.7. The second kappa shape index (κ2) is 7.80. The summed E-state index contributed by atoms with van der Waals surface area (Å²) in [6.07, 6.45) is 0. The van der Waals surface area contributed by atoms with E-state index in [1.807, 2.05) is 54.6 Å². The molecule has 1 aromatic heterocycles. The van der Waals surface area contributed by atoms with Gasteiger partial charge in [-0.2, -0.15) is 0 Å². The Kier molecular flexibility index (Phi) is 4.89. The summed E-state index contributed by atoms with van der Waals surface area (Å²) in [5, 5.41) is 3.67. The molecule has 0 saturated heterocycles. The van der Waals surface area contributed by atoms with Crippen LogP contribution in [0.15, 0.2) is 94.1 Å². The molecule has 4 aromatic rings. The molecule has 0 spiro atoms. The lowest BCUT2D eigenvalue weighted by Gasteiger charge is -2.12. The number of carbonyl (C=O) groups excluding carboxylic acids is 1. The molecule has 0 bridgehead atoms. The third-order valence-electron chi connectivity index (χ3n) is 4.25. The summed E-state index contributed by atoms with van der Waals surface area (Å²) in [6.45, 7) is -0.161. The van der Waals surface area contributed by atoms with Gasteiger partial charge in [-0.15, -0.1) is 0 Å². The van der Waals surface area contributed by atoms with Crippen LogP contribution in [0.2, 0.25) is 0 Å². The van der Waals surface area contributed by atoms with E-state index < -0.39 is 5.63 Å². The van der Waals surface area contributed by atoms with E-state index in [0.717, 1.165) is 16.5 Å². The molecular weight excluding hydrogens is 354 g/mol. The highest BCUT2D eigenvalue weighted by molar-refractivity contribution is 5.96. The average molecular weight is 371 g/mol. The number of carbonyl (C=O) groups is 1. The van der Waals surface area contributed by atoms with Gasteiger partial charge >= 0.3 is 5.63 Å². The minimum absolute atomic E-state index is 0.161. The maximum atomic E-state index is 12.4. The fraction of sp³-hybridized carbons (Fsp3) is 0.0435. The van der Waals surface area contributed by atoms with Crippen LogP contribution in [0, 0.1) is 0 Å². The van der Waals surface area contributed by atoms with Crippen LogP contribution in [-0.2, 0) is 4.79 Å². The largest absolute Gasteiger partial charge is 0.484 e. The molecular formula is C23H17NO4. The van der Waals surface area contributed by atoms with Gasteiger partial charge in [0.25, 0.3) is 5.91 Å². The molecule has 1 N–H and O–H groups in total. The van der Waals surface area contributed by atoms with Crippen molar-refractivity contribution in [3.05, 3.63) is 95.3 Å². The Morgan fingerprint density at radius 1 is 0.893 bits per heavy atom. The van der Waals surface area contributed by atoms with Crippen LogP contribution in [0.3, 0.4) is 0 Å². The van der Waals surface area contributed by atoms with E-state index >= 15 is 0 Å². The van der Waals surface area contributed by atoms with E-state index in [2.05, 4.69) is 5.32 Å². The number of fused-ring (bicyclic) bond motifs is 1. The first kappa shape index (κ1) is 17.5. The minimum Gasteiger partial charge on any atom is -0.484 e. The zero-order chi connectivity index (χ0) is 19.3. The van der Waals surface area contributed by atoms with E-state index in [0.29, 0.717) is 17.0 Å². The molecule has 4 rings (SSSR count). The van der Waals surface area contributed by atoms with Gasteiger partial charge in [0.1, 0.15) is 11.3 Å². The number of anilines is 1. The van der Waals surface area contributed by atoms with Crippen LogP contribution in [0.1, 0.15) is 0 Å². The Morgan fingerprint density at radius 2 is 1.64 bits per heavy atom. The summed E-state index contributed by atoms with van der Waals surface area (Å²) in [6, 6.07) is 25.6. The second-order valence-electron chi connectivity index (χ2n) is 6.20. The van der Waals surface area contributed by atoms with Gasteiger partial charge in [-0.05, 0) is 29.8 Å². The van der Waals surface area contributed by atoms with Gasteiger partial charge < -0.3 is 14.5 Å². The monoisotopic (exact) mass is 371 g/mol. The van der Waals surface area contributed by atoms with Crippen molar-refractivity contribution in [3.63, 3.8) is 0 Å². The molecule has 0 saturated carbocycles. The van der Waals surface area contributed by atoms with Gasteiger partial charge in [-0.1, -0.05) is 48.5 Å². The number of para-hydroxylation sites is 1. The number of benzene rings is 3. The standard InChI is InChI=1S/C23H17NO4/c25-22(15-27-18-12-10-17-11-13-23(26)28-21(17)14-18)24-20-9-5-4-8-19(20)16-6-2-1-3-7-16/h1-14H,15H2,(H,24,25). The van der Waals surface area contributed by atoms with Gasteiger partial charge in [0, 0.05) is 28.8 Å². The van der Waals surface area contributed by atoms with E-state index in [-0.39, 0.29) is 12.5 Å². The highest BCUT2D eigenvalue weighted by atomic mass is 16.5. The Hall–Kier alpha value is -3.86. The summed E-state index contributed by atoms with van der Waals surface area (Å²) >= 11 is 0. The number of ether oxygens (including phenoxy) is 1. The van der Waals surface area contributed by atoms with E-state index in [1.54, 1.807) is 24.3 Å². The maximum absolute atomic E-state index is 12.4. The lowest BCUT2D eigenvalue weighted by atomic mass is 10.0. The zero-order valence-corrected chi connectivity index (χ0v) is 14.9. The predicted octanol–water partition coefficient (Wildman–Crippen LogP) is 4.48. The molecule has 1 heterocycles.